The van der Waals surface area contributed by atoms with Crippen molar-refractivity contribution >= 4 is 22.0 Å². The molecule has 0 saturated carbocycles. The van der Waals surface area contributed by atoms with Crippen molar-refractivity contribution in [3.05, 3.63) is 48.7 Å². The summed E-state index contributed by atoms with van der Waals surface area (Å²) in [7, 11) is 1.64. The second kappa shape index (κ2) is 4.13. The van der Waals surface area contributed by atoms with E-state index in [4.69, 9.17) is 9.15 Å². The second-order valence-electron chi connectivity index (χ2n) is 4.63. The third kappa shape index (κ3) is 1.66. The predicted molar refractivity (Wildman–Crippen MR) is 77.9 cm³/mol. The zero-order valence-electron chi connectivity index (χ0n) is 10.9. The van der Waals surface area contributed by atoms with E-state index in [1.54, 1.807) is 7.11 Å². The lowest BCUT2D eigenvalue weighted by Crippen LogP contribution is -1.80. The number of H-pyrrole nitrogens is 1. The van der Waals surface area contributed by atoms with Gasteiger partial charge in [0.25, 0.3) is 0 Å². The number of hydrogen-bond donors (Lipinski definition) is 1. The van der Waals surface area contributed by atoms with Gasteiger partial charge in [-0.3, -0.25) is 0 Å². The molecule has 0 spiro atoms. The Morgan fingerprint density at radius 1 is 1.10 bits per heavy atom. The Hall–Kier alpha value is -2.75. The van der Waals surface area contributed by atoms with Crippen LogP contribution in [-0.2, 0) is 0 Å². The van der Waals surface area contributed by atoms with Crippen molar-refractivity contribution in [2.24, 2.45) is 0 Å². The summed E-state index contributed by atoms with van der Waals surface area (Å²) >= 11 is 0. The zero-order valence-corrected chi connectivity index (χ0v) is 10.9. The summed E-state index contributed by atoms with van der Waals surface area (Å²) in [6, 6.07) is 13.7. The summed E-state index contributed by atoms with van der Waals surface area (Å²) < 4.78 is 11.0. The van der Waals surface area contributed by atoms with E-state index in [1.165, 1.54) is 0 Å². The highest BCUT2D eigenvalue weighted by atomic mass is 16.5. The Morgan fingerprint density at radius 2 is 2.05 bits per heavy atom. The van der Waals surface area contributed by atoms with Crippen LogP contribution < -0.4 is 4.74 Å². The van der Waals surface area contributed by atoms with Crippen LogP contribution in [0.3, 0.4) is 0 Å². The Morgan fingerprint density at radius 3 is 2.95 bits per heavy atom. The topological polar surface area (TPSA) is 51.0 Å². The number of benzene rings is 2. The van der Waals surface area contributed by atoms with Crippen LogP contribution in [-0.4, -0.2) is 17.1 Å². The van der Waals surface area contributed by atoms with Crippen molar-refractivity contribution in [3.63, 3.8) is 0 Å². The van der Waals surface area contributed by atoms with Crippen molar-refractivity contribution in [3.8, 4) is 17.2 Å². The Bertz CT molecular complexity index is 905. The summed E-state index contributed by atoms with van der Waals surface area (Å²) in [6.45, 7) is 0. The first-order chi connectivity index (χ1) is 9.83. The smallest absolute Gasteiger partial charge is 0.227 e. The highest BCUT2D eigenvalue weighted by Crippen LogP contribution is 2.28. The van der Waals surface area contributed by atoms with Crippen LogP contribution in [0.5, 0.6) is 5.75 Å². The van der Waals surface area contributed by atoms with Gasteiger partial charge in [-0.1, -0.05) is 0 Å². The van der Waals surface area contributed by atoms with Crippen molar-refractivity contribution in [2.75, 3.05) is 7.11 Å². The SMILES string of the molecule is COc1ccc2nc(-c3ccc4[nH]ccc4c3)oc2c1. The molecule has 2 aromatic heterocycles. The fourth-order valence-electron chi connectivity index (χ4n) is 2.34. The van der Waals surface area contributed by atoms with Gasteiger partial charge >= 0.3 is 0 Å². The molecule has 0 radical (unpaired) electrons. The van der Waals surface area contributed by atoms with E-state index in [2.05, 4.69) is 16.0 Å². The molecule has 2 heterocycles. The van der Waals surface area contributed by atoms with E-state index in [1.807, 2.05) is 42.6 Å². The number of aromatic amines is 1. The molecular weight excluding hydrogens is 252 g/mol. The largest absolute Gasteiger partial charge is 0.497 e. The Balaban J connectivity index is 1.87. The first-order valence-corrected chi connectivity index (χ1v) is 6.35. The third-order valence-electron chi connectivity index (χ3n) is 3.40. The maximum absolute atomic E-state index is 5.82. The van der Waals surface area contributed by atoms with E-state index < -0.39 is 0 Å². The molecule has 98 valence electrons. The van der Waals surface area contributed by atoms with E-state index in [0.29, 0.717) is 5.89 Å². The molecular formula is C16H12N2O2. The van der Waals surface area contributed by atoms with Gasteiger partial charge in [-0.25, -0.2) is 4.98 Å². The summed E-state index contributed by atoms with van der Waals surface area (Å²) in [6.07, 6.45) is 1.92. The van der Waals surface area contributed by atoms with Crippen LogP contribution in [0.2, 0.25) is 0 Å². The van der Waals surface area contributed by atoms with Gasteiger partial charge in [-0.15, -0.1) is 0 Å². The van der Waals surface area contributed by atoms with Gasteiger partial charge in [0.1, 0.15) is 11.3 Å². The van der Waals surface area contributed by atoms with Gasteiger partial charge in [0.05, 0.1) is 7.11 Å². The number of ether oxygens (including phenoxy) is 1. The number of methoxy groups -OCH3 is 1. The second-order valence-corrected chi connectivity index (χ2v) is 4.63. The van der Waals surface area contributed by atoms with Crippen LogP contribution in [0.1, 0.15) is 0 Å². The lowest BCUT2D eigenvalue weighted by atomic mass is 10.1. The van der Waals surface area contributed by atoms with Crippen LogP contribution in [0.15, 0.2) is 53.1 Å². The van der Waals surface area contributed by atoms with E-state index in [0.717, 1.165) is 33.3 Å². The fraction of sp³-hybridized carbons (Fsp3) is 0.0625. The molecule has 0 amide bonds. The molecule has 4 rings (SSSR count). The van der Waals surface area contributed by atoms with Gasteiger partial charge in [0.15, 0.2) is 5.58 Å². The third-order valence-corrected chi connectivity index (χ3v) is 3.40. The number of nitrogens with one attached hydrogen (secondary N) is 1. The molecule has 0 atom stereocenters. The maximum Gasteiger partial charge on any atom is 0.227 e. The Kier molecular flexibility index (Phi) is 2.29. The minimum Gasteiger partial charge on any atom is -0.497 e. The first kappa shape index (κ1) is 11.1. The molecule has 0 fully saturated rings. The van der Waals surface area contributed by atoms with E-state index in [-0.39, 0.29) is 0 Å². The summed E-state index contributed by atoms with van der Waals surface area (Å²) in [5.74, 6) is 1.39. The molecule has 0 aliphatic rings. The van der Waals surface area contributed by atoms with E-state index >= 15 is 0 Å². The minimum atomic E-state index is 0.622. The lowest BCUT2D eigenvalue weighted by Gasteiger charge is -1.96. The van der Waals surface area contributed by atoms with Gasteiger partial charge in [0.2, 0.25) is 5.89 Å². The summed E-state index contributed by atoms with van der Waals surface area (Å²) in [4.78, 5) is 7.69. The molecule has 20 heavy (non-hydrogen) atoms. The fourth-order valence-corrected chi connectivity index (χ4v) is 2.34. The normalized spacial score (nSPS) is 11.2. The first-order valence-electron chi connectivity index (χ1n) is 6.35. The van der Waals surface area contributed by atoms with Crippen molar-refractivity contribution in [1.29, 1.82) is 0 Å². The molecule has 2 aromatic carbocycles. The number of rotatable bonds is 2. The van der Waals surface area contributed by atoms with Crippen molar-refractivity contribution in [2.45, 2.75) is 0 Å². The van der Waals surface area contributed by atoms with Crippen LogP contribution >= 0.6 is 0 Å². The predicted octanol–water partition coefficient (Wildman–Crippen LogP) is 3.98. The Labute approximate surface area is 115 Å². The number of aromatic nitrogens is 2. The van der Waals surface area contributed by atoms with Gasteiger partial charge in [-0.2, -0.15) is 0 Å². The molecule has 0 saturated heterocycles. The maximum atomic E-state index is 5.82. The van der Waals surface area contributed by atoms with Crippen molar-refractivity contribution < 1.29 is 9.15 Å². The molecule has 0 unspecified atom stereocenters. The summed E-state index contributed by atoms with van der Waals surface area (Å²) in [5.41, 5.74) is 3.63. The molecule has 0 aliphatic carbocycles. The number of fused-ring (bicyclic) bond motifs is 2. The standard InChI is InChI=1S/C16H12N2O2/c1-19-12-3-5-14-15(9-12)20-16(18-14)11-2-4-13-10(8-11)6-7-17-13/h2-9,17H,1H3. The molecule has 0 aliphatic heterocycles. The number of hydrogen-bond acceptors (Lipinski definition) is 3. The van der Waals surface area contributed by atoms with Crippen LogP contribution in [0.25, 0.3) is 33.5 Å². The quantitative estimate of drug-likeness (QED) is 0.595. The number of nitrogens with zero attached hydrogens (tertiary/aromatic N) is 1. The van der Waals surface area contributed by atoms with Gasteiger partial charge in [0, 0.05) is 28.7 Å². The average Bonchev–Trinajstić information content (AvgIpc) is 3.11. The zero-order chi connectivity index (χ0) is 13.5. The summed E-state index contributed by atoms with van der Waals surface area (Å²) in [5, 5.41) is 1.14. The molecule has 4 nitrogen and oxygen atoms in total. The average molecular weight is 264 g/mol. The van der Waals surface area contributed by atoms with E-state index in [9.17, 15) is 0 Å². The van der Waals surface area contributed by atoms with Crippen LogP contribution in [0, 0.1) is 0 Å². The molecule has 1 N–H and O–H groups in total. The monoisotopic (exact) mass is 264 g/mol. The van der Waals surface area contributed by atoms with Gasteiger partial charge in [-0.05, 0) is 36.4 Å². The number of oxazole rings is 1. The molecule has 0 bridgehead atoms. The highest BCUT2D eigenvalue weighted by molar-refractivity contribution is 5.85. The van der Waals surface area contributed by atoms with Gasteiger partial charge < -0.3 is 14.1 Å². The van der Waals surface area contributed by atoms with Crippen LogP contribution in [0.4, 0.5) is 0 Å². The lowest BCUT2D eigenvalue weighted by molar-refractivity contribution is 0.414. The van der Waals surface area contributed by atoms with Crippen molar-refractivity contribution in [1.82, 2.24) is 9.97 Å². The highest BCUT2D eigenvalue weighted by Gasteiger charge is 2.09. The molecule has 4 heteroatoms. The molecule has 4 aromatic rings. The minimum absolute atomic E-state index is 0.622.